The maximum atomic E-state index is 12.6. The van der Waals surface area contributed by atoms with Gasteiger partial charge in [-0.1, -0.05) is 19.1 Å². The van der Waals surface area contributed by atoms with Crippen LogP contribution < -0.4 is 10.0 Å². The van der Waals surface area contributed by atoms with Crippen LogP contribution in [-0.4, -0.2) is 34.2 Å². The summed E-state index contributed by atoms with van der Waals surface area (Å²) in [5, 5.41) is 3.17. The fraction of sp³-hybridized carbons (Fsp3) is 0.600. The average molecular weight is 312 g/mol. The molecule has 0 aromatic heterocycles. The number of benzene rings is 1. The molecule has 1 aliphatic carbocycles. The molecule has 1 aliphatic rings. The molecule has 1 aromatic rings. The molecule has 0 spiro atoms. The lowest BCUT2D eigenvalue weighted by Gasteiger charge is -2.16. The predicted molar refractivity (Wildman–Crippen MR) is 84.0 cm³/mol. The number of anilines is 1. The van der Waals surface area contributed by atoms with E-state index in [2.05, 4.69) is 10.0 Å². The molecule has 0 saturated heterocycles. The van der Waals surface area contributed by atoms with Gasteiger partial charge in [0, 0.05) is 19.7 Å². The number of hydrogen-bond donors (Lipinski definition) is 2. The highest BCUT2D eigenvalue weighted by molar-refractivity contribution is 7.89. The van der Waals surface area contributed by atoms with Gasteiger partial charge in [-0.2, -0.15) is 0 Å². The first-order valence-corrected chi connectivity index (χ1v) is 8.93. The summed E-state index contributed by atoms with van der Waals surface area (Å²) in [5.41, 5.74) is 0.660. The van der Waals surface area contributed by atoms with Crippen LogP contribution in [0.4, 0.5) is 5.69 Å². The molecular formula is C15H24N2O3S. The molecule has 2 unspecified atom stereocenters. The number of ether oxygens (including phenoxy) is 1. The van der Waals surface area contributed by atoms with Gasteiger partial charge in [0.1, 0.15) is 4.90 Å². The molecule has 2 rings (SSSR count). The Hall–Kier alpha value is -1.11. The summed E-state index contributed by atoms with van der Waals surface area (Å²) in [4.78, 5) is 0.319. The van der Waals surface area contributed by atoms with Crippen LogP contribution in [0.1, 0.15) is 32.6 Å². The Kier molecular flexibility index (Phi) is 5.61. The third-order valence-electron chi connectivity index (χ3n) is 3.78. The quantitative estimate of drug-likeness (QED) is 0.811. The molecule has 21 heavy (non-hydrogen) atoms. The van der Waals surface area contributed by atoms with Gasteiger partial charge in [-0.25, -0.2) is 13.1 Å². The van der Waals surface area contributed by atoms with Gasteiger partial charge in [-0.3, -0.25) is 0 Å². The molecule has 0 heterocycles. The number of para-hydroxylation sites is 1. The van der Waals surface area contributed by atoms with Crippen LogP contribution in [0.2, 0.25) is 0 Å². The second-order valence-electron chi connectivity index (χ2n) is 5.41. The zero-order valence-electron chi connectivity index (χ0n) is 12.6. The van der Waals surface area contributed by atoms with E-state index in [1.165, 1.54) is 0 Å². The third kappa shape index (κ3) is 4.18. The van der Waals surface area contributed by atoms with E-state index in [1.54, 1.807) is 25.3 Å². The third-order valence-corrected chi connectivity index (χ3v) is 5.36. The first-order valence-electron chi connectivity index (χ1n) is 7.45. The van der Waals surface area contributed by atoms with Gasteiger partial charge < -0.3 is 10.1 Å². The van der Waals surface area contributed by atoms with Crippen LogP contribution in [0.15, 0.2) is 29.2 Å². The van der Waals surface area contributed by atoms with Crippen LogP contribution >= 0.6 is 0 Å². The molecule has 0 amide bonds. The van der Waals surface area contributed by atoms with Crippen molar-refractivity contribution in [2.45, 2.75) is 49.6 Å². The molecule has 5 nitrogen and oxygen atoms in total. The van der Waals surface area contributed by atoms with Crippen LogP contribution in [0.5, 0.6) is 0 Å². The maximum Gasteiger partial charge on any atom is 0.242 e. The maximum absolute atomic E-state index is 12.6. The minimum atomic E-state index is -3.50. The molecule has 1 aromatic carbocycles. The molecule has 6 heteroatoms. The summed E-state index contributed by atoms with van der Waals surface area (Å²) in [7, 11) is -1.83. The lowest BCUT2D eigenvalue weighted by Crippen LogP contribution is -2.33. The zero-order valence-corrected chi connectivity index (χ0v) is 13.4. The largest absolute Gasteiger partial charge is 0.384 e. The molecule has 1 fully saturated rings. The molecule has 0 radical (unpaired) electrons. The Morgan fingerprint density at radius 1 is 1.29 bits per heavy atom. The van der Waals surface area contributed by atoms with Crippen molar-refractivity contribution < 1.29 is 13.2 Å². The minimum Gasteiger partial charge on any atom is -0.384 e. The summed E-state index contributed by atoms with van der Waals surface area (Å²) in [5.74, 6) is 0. The summed E-state index contributed by atoms with van der Waals surface area (Å²) in [6.07, 6.45) is 3.56. The topological polar surface area (TPSA) is 67.4 Å². The van der Waals surface area contributed by atoms with Crippen molar-refractivity contribution in [3.63, 3.8) is 0 Å². The SMILES string of the molecule is CCCNc1ccccc1S(=O)(=O)NC1CCC(OC)C1. The Morgan fingerprint density at radius 2 is 2.05 bits per heavy atom. The van der Waals surface area contributed by atoms with Crippen molar-refractivity contribution in [2.75, 3.05) is 19.0 Å². The van der Waals surface area contributed by atoms with Crippen LogP contribution in [0.3, 0.4) is 0 Å². The van der Waals surface area contributed by atoms with E-state index in [4.69, 9.17) is 4.74 Å². The Balaban J connectivity index is 2.12. The van der Waals surface area contributed by atoms with Crippen molar-refractivity contribution in [2.24, 2.45) is 0 Å². The fourth-order valence-electron chi connectivity index (χ4n) is 2.65. The fourth-order valence-corrected chi connectivity index (χ4v) is 4.12. The minimum absolute atomic E-state index is 0.0424. The first-order chi connectivity index (χ1) is 10.1. The van der Waals surface area contributed by atoms with Crippen molar-refractivity contribution >= 4 is 15.7 Å². The Bertz CT molecular complexity index is 560. The van der Waals surface area contributed by atoms with Gasteiger partial charge in [0.15, 0.2) is 0 Å². The lowest BCUT2D eigenvalue weighted by atomic mass is 10.3. The second-order valence-corrected chi connectivity index (χ2v) is 7.09. The normalized spacial score (nSPS) is 22.4. The molecule has 2 atom stereocenters. The zero-order chi connectivity index (χ0) is 15.3. The Morgan fingerprint density at radius 3 is 2.71 bits per heavy atom. The van der Waals surface area contributed by atoms with Crippen LogP contribution in [0.25, 0.3) is 0 Å². The van der Waals surface area contributed by atoms with E-state index in [0.29, 0.717) is 10.6 Å². The first kappa shape index (κ1) is 16.3. The molecule has 1 saturated carbocycles. The van der Waals surface area contributed by atoms with Gasteiger partial charge in [-0.05, 0) is 37.8 Å². The van der Waals surface area contributed by atoms with Gasteiger partial charge in [-0.15, -0.1) is 0 Å². The number of rotatable bonds is 7. The number of nitrogens with one attached hydrogen (secondary N) is 2. The number of hydrogen-bond acceptors (Lipinski definition) is 4. The standard InChI is InChI=1S/C15H24N2O3S/c1-3-10-16-14-6-4-5-7-15(14)21(18,19)17-12-8-9-13(11-12)20-2/h4-7,12-13,16-17H,3,8-11H2,1-2H3. The van der Waals surface area contributed by atoms with Crippen molar-refractivity contribution in [3.8, 4) is 0 Å². The molecule has 0 bridgehead atoms. The summed E-state index contributed by atoms with van der Waals surface area (Å²) in [6, 6.07) is 6.99. The Labute approximate surface area is 127 Å². The monoisotopic (exact) mass is 312 g/mol. The number of sulfonamides is 1. The smallest absolute Gasteiger partial charge is 0.242 e. The van der Waals surface area contributed by atoms with E-state index in [1.807, 2.05) is 13.0 Å². The van der Waals surface area contributed by atoms with Crippen molar-refractivity contribution in [1.29, 1.82) is 0 Å². The molecule has 0 aliphatic heterocycles. The van der Waals surface area contributed by atoms with E-state index >= 15 is 0 Å². The highest BCUT2D eigenvalue weighted by atomic mass is 32.2. The van der Waals surface area contributed by atoms with Crippen molar-refractivity contribution in [1.82, 2.24) is 4.72 Å². The summed E-state index contributed by atoms with van der Waals surface area (Å²) in [6.45, 7) is 2.80. The van der Waals surface area contributed by atoms with Gasteiger partial charge in [0.25, 0.3) is 0 Å². The van der Waals surface area contributed by atoms with Crippen LogP contribution in [-0.2, 0) is 14.8 Å². The van der Waals surface area contributed by atoms with E-state index in [-0.39, 0.29) is 12.1 Å². The average Bonchev–Trinajstić information content (AvgIpc) is 2.92. The van der Waals surface area contributed by atoms with Gasteiger partial charge in [0.05, 0.1) is 11.8 Å². The van der Waals surface area contributed by atoms with Crippen LogP contribution in [0, 0.1) is 0 Å². The van der Waals surface area contributed by atoms with E-state index < -0.39 is 10.0 Å². The van der Waals surface area contributed by atoms with E-state index in [0.717, 1.165) is 32.2 Å². The van der Waals surface area contributed by atoms with Gasteiger partial charge >= 0.3 is 0 Å². The highest BCUT2D eigenvalue weighted by Crippen LogP contribution is 2.25. The lowest BCUT2D eigenvalue weighted by molar-refractivity contribution is 0.107. The number of methoxy groups -OCH3 is 1. The molecule has 2 N–H and O–H groups in total. The van der Waals surface area contributed by atoms with Gasteiger partial charge in [0.2, 0.25) is 10.0 Å². The predicted octanol–water partition coefficient (Wildman–Crippen LogP) is 2.35. The molecular weight excluding hydrogens is 288 g/mol. The summed E-state index contributed by atoms with van der Waals surface area (Å²) >= 11 is 0. The summed E-state index contributed by atoms with van der Waals surface area (Å²) < 4.78 is 33.2. The molecule has 118 valence electrons. The van der Waals surface area contributed by atoms with Crippen molar-refractivity contribution in [3.05, 3.63) is 24.3 Å². The van der Waals surface area contributed by atoms with E-state index in [9.17, 15) is 8.42 Å². The highest BCUT2D eigenvalue weighted by Gasteiger charge is 2.29. The second kappa shape index (κ2) is 7.24.